The zero-order valence-electron chi connectivity index (χ0n) is 9.43. The number of aryl methyl sites for hydroxylation is 1. The fourth-order valence-electron chi connectivity index (χ4n) is 1.55. The van der Waals surface area contributed by atoms with Gasteiger partial charge in [-0.15, -0.1) is 0 Å². The Balaban J connectivity index is 2.63. The second-order valence-corrected chi connectivity index (χ2v) is 3.68. The topological polar surface area (TPSA) is 35.2 Å². The Morgan fingerprint density at radius 2 is 1.88 bits per heavy atom. The van der Waals surface area contributed by atoms with E-state index < -0.39 is 11.6 Å². The van der Waals surface area contributed by atoms with Crippen LogP contribution in [0.3, 0.4) is 0 Å². The zero-order valence-corrected chi connectivity index (χ0v) is 9.43. The van der Waals surface area contributed by atoms with Gasteiger partial charge in [0.1, 0.15) is 5.82 Å². The minimum absolute atomic E-state index is 0.0526. The first-order valence-electron chi connectivity index (χ1n) is 5.41. The van der Waals surface area contributed by atoms with E-state index in [1.807, 2.05) is 0 Å². The average Bonchev–Trinajstić information content (AvgIpc) is 2.28. The van der Waals surface area contributed by atoms with Gasteiger partial charge >= 0.3 is 0 Å². The number of ether oxygens (including phenoxy) is 1. The Labute approximate surface area is 94.4 Å². The van der Waals surface area contributed by atoms with Gasteiger partial charge < -0.3 is 10.5 Å². The number of nitrogens with two attached hydrogens (primary N) is 1. The Hall–Kier alpha value is -1.16. The number of methoxy groups -OCH3 is 1. The van der Waals surface area contributed by atoms with Crippen LogP contribution in [0.4, 0.5) is 8.78 Å². The van der Waals surface area contributed by atoms with Crippen LogP contribution in [0.15, 0.2) is 12.1 Å². The van der Waals surface area contributed by atoms with E-state index in [4.69, 9.17) is 10.5 Å². The third-order valence-corrected chi connectivity index (χ3v) is 2.47. The highest BCUT2D eigenvalue weighted by molar-refractivity contribution is 5.30. The maximum atomic E-state index is 13.5. The number of unbranched alkanes of at least 4 members (excludes halogenated alkanes) is 2. The van der Waals surface area contributed by atoms with E-state index in [0.717, 1.165) is 25.3 Å². The molecule has 16 heavy (non-hydrogen) atoms. The first kappa shape index (κ1) is 12.9. The molecule has 1 aromatic carbocycles. The molecule has 0 aromatic heterocycles. The number of halogens is 2. The summed E-state index contributed by atoms with van der Waals surface area (Å²) in [6.45, 7) is 0.638. The van der Waals surface area contributed by atoms with Crippen molar-refractivity contribution in [3.05, 3.63) is 29.3 Å². The number of rotatable bonds is 6. The van der Waals surface area contributed by atoms with Gasteiger partial charge in [0.05, 0.1) is 7.11 Å². The van der Waals surface area contributed by atoms with E-state index in [-0.39, 0.29) is 5.75 Å². The van der Waals surface area contributed by atoms with Gasteiger partial charge in [0.25, 0.3) is 0 Å². The standard InChI is InChI=1S/C12H17F2NO/c1-16-12-8-10(13)9(7-11(12)14)5-3-2-4-6-15/h7-8H,2-6,15H2,1H3. The zero-order chi connectivity index (χ0) is 12.0. The van der Waals surface area contributed by atoms with Crippen molar-refractivity contribution in [2.24, 2.45) is 5.73 Å². The highest BCUT2D eigenvalue weighted by atomic mass is 19.1. The fraction of sp³-hybridized carbons (Fsp3) is 0.500. The van der Waals surface area contributed by atoms with Crippen LogP contribution in [0.25, 0.3) is 0 Å². The van der Waals surface area contributed by atoms with E-state index in [1.54, 1.807) is 0 Å². The SMILES string of the molecule is COc1cc(F)c(CCCCCN)cc1F. The second kappa shape index (κ2) is 6.43. The smallest absolute Gasteiger partial charge is 0.165 e. The summed E-state index contributed by atoms with van der Waals surface area (Å²) in [5, 5.41) is 0. The predicted molar refractivity (Wildman–Crippen MR) is 59.5 cm³/mol. The summed E-state index contributed by atoms with van der Waals surface area (Å²) in [6, 6.07) is 2.30. The highest BCUT2D eigenvalue weighted by Crippen LogP contribution is 2.22. The monoisotopic (exact) mass is 229 g/mol. The molecule has 0 spiro atoms. The normalized spacial score (nSPS) is 10.5. The van der Waals surface area contributed by atoms with Crippen LogP contribution in [0.1, 0.15) is 24.8 Å². The Kier molecular flexibility index (Phi) is 5.19. The van der Waals surface area contributed by atoms with Crippen molar-refractivity contribution in [1.82, 2.24) is 0 Å². The fourth-order valence-corrected chi connectivity index (χ4v) is 1.55. The predicted octanol–water partition coefficient (Wildman–Crippen LogP) is 2.64. The lowest BCUT2D eigenvalue weighted by Crippen LogP contribution is -1.99. The maximum absolute atomic E-state index is 13.5. The van der Waals surface area contributed by atoms with Crippen molar-refractivity contribution in [2.75, 3.05) is 13.7 Å². The molecule has 1 aromatic rings. The summed E-state index contributed by atoms with van der Waals surface area (Å²) in [5.41, 5.74) is 5.75. The summed E-state index contributed by atoms with van der Waals surface area (Å²) in [5.74, 6) is -0.980. The molecule has 0 saturated carbocycles. The van der Waals surface area contributed by atoms with Gasteiger partial charge in [-0.2, -0.15) is 0 Å². The first-order chi connectivity index (χ1) is 7.69. The van der Waals surface area contributed by atoms with E-state index in [0.29, 0.717) is 18.5 Å². The van der Waals surface area contributed by atoms with Gasteiger partial charge in [0.2, 0.25) is 0 Å². The van der Waals surface area contributed by atoms with Crippen LogP contribution in [-0.4, -0.2) is 13.7 Å². The number of benzene rings is 1. The summed E-state index contributed by atoms with van der Waals surface area (Å²) in [6.07, 6.45) is 3.20. The molecule has 0 amide bonds. The molecule has 90 valence electrons. The molecule has 0 fully saturated rings. The average molecular weight is 229 g/mol. The molecule has 1 rings (SSSR count). The van der Waals surface area contributed by atoms with Gasteiger partial charge in [-0.05, 0) is 37.4 Å². The van der Waals surface area contributed by atoms with Crippen molar-refractivity contribution >= 4 is 0 Å². The molecule has 4 heteroatoms. The summed E-state index contributed by atoms with van der Waals surface area (Å²) < 4.78 is 31.4. The quantitative estimate of drug-likeness (QED) is 0.761. The molecule has 0 aliphatic heterocycles. The molecule has 0 aliphatic rings. The number of hydrogen-bond acceptors (Lipinski definition) is 2. The molecule has 0 unspecified atom stereocenters. The van der Waals surface area contributed by atoms with Gasteiger partial charge in [0, 0.05) is 6.07 Å². The van der Waals surface area contributed by atoms with Crippen molar-refractivity contribution in [2.45, 2.75) is 25.7 Å². The van der Waals surface area contributed by atoms with E-state index in [1.165, 1.54) is 13.2 Å². The summed E-state index contributed by atoms with van der Waals surface area (Å²) in [7, 11) is 1.32. The molecule has 0 aliphatic carbocycles. The van der Waals surface area contributed by atoms with Crippen LogP contribution >= 0.6 is 0 Å². The number of hydrogen-bond donors (Lipinski definition) is 1. The van der Waals surface area contributed by atoms with Crippen molar-refractivity contribution in [3.63, 3.8) is 0 Å². The molecule has 0 bridgehead atoms. The van der Waals surface area contributed by atoms with Crippen molar-refractivity contribution < 1.29 is 13.5 Å². The van der Waals surface area contributed by atoms with E-state index in [9.17, 15) is 8.78 Å². The van der Waals surface area contributed by atoms with Crippen LogP contribution in [0, 0.1) is 11.6 Å². The second-order valence-electron chi connectivity index (χ2n) is 3.68. The molecule has 0 radical (unpaired) electrons. The van der Waals surface area contributed by atoms with Crippen molar-refractivity contribution in [1.29, 1.82) is 0 Å². The van der Waals surface area contributed by atoms with Crippen LogP contribution in [0.2, 0.25) is 0 Å². The molecule has 2 N–H and O–H groups in total. The Morgan fingerprint density at radius 1 is 1.12 bits per heavy atom. The van der Waals surface area contributed by atoms with Gasteiger partial charge in [-0.3, -0.25) is 0 Å². The first-order valence-corrected chi connectivity index (χ1v) is 5.41. The van der Waals surface area contributed by atoms with Gasteiger partial charge in [-0.25, -0.2) is 8.78 Å². The summed E-state index contributed by atoms with van der Waals surface area (Å²) >= 11 is 0. The van der Waals surface area contributed by atoms with Crippen LogP contribution < -0.4 is 10.5 Å². The van der Waals surface area contributed by atoms with Crippen molar-refractivity contribution in [3.8, 4) is 5.75 Å². The molecular weight excluding hydrogens is 212 g/mol. The molecule has 0 heterocycles. The lowest BCUT2D eigenvalue weighted by atomic mass is 10.1. The molecule has 0 atom stereocenters. The minimum Gasteiger partial charge on any atom is -0.494 e. The Bertz CT molecular complexity index is 342. The van der Waals surface area contributed by atoms with E-state index >= 15 is 0 Å². The van der Waals surface area contributed by atoms with Gasteiger partial charge in [0.15, 0.2) is 11.6 Å². The van der Waals surface area contributed by atoms with Gasteiger partial charge in [-0.1, -0.05) is 6.42 Å². The largest absolute Gasteiger partial charge is 0.494 e. The molecular formula is C12H17F2NO. The molecule has 2 nitrogen and oxygen atoms in total. The maximum Gasteiger partial charge on any atom is 0.165 e. The third kappa shape index (κ3) is 3.45. The lowest BCUT2D eigenvalue weighted by Gasteiger charge is -2.07. The lowest BCUT2D eigenvalue weighted by molar-refractivity contribution is 0.381. The minimum atomic E-state index is -0.516. The summed E-state index contributed by atoms with van der Waals surface area (Å²) in [4.78, 5) is 0. The third-order valence-electron chi connectivity index (χ3n) is 2.47. The molecule has 0 saturated heterocycles. The highest BCUT2D eigenvalue weighted by Gasteiger charge is 2.09. The Morgan fingerprint density at radius 3 is 2.50 bits per heavy atom. The van der Waals surface area contributed by atoms with E-state index in [2.05, 4.69) is 0 Å². The van der Waals surface area contributed by atoms with Crippen LogP contribution in [-0.2, 0) is 6.42 Å². The van der Waals surface area contributed by atoms with Crippen LogP contribution in [0.5, 0.6) is 5.75 Å².